The van der Waals surface area contributed by atoms with E-state index in [4.69, 9.17) is 0 Å². The van der Waals surface area contributed by atoms with E-state index in [1.54, 1.807) is 50.3 Å². The van der Waals surface area contributed by atoms with Gasteiger partial charge in [-0.25, -0.2) is 9.97 Å². The standard InChI is InChI=1S/C23H20F3N5O/c1-13-9-15(5-6-18(13)30(3)22(32)19-7-8-28-31(19)4)21-27-12-16-11-17(23(24,25)26)10-14(2)20(16)29-21/h5-12H,1-4H3. The second-order valence-corrected chi connectivity index (χ2v) is 7.63. The zero-order valence-corrected chi connectivity index (χ0v) is 17.9. The average molecular weight is 439 g/mol. The molecule has 1 amide bonds. The number of benzene rings is 2. The van der Waals surface area contributed by atoms with Crippen LogP contribution < -0.4 is 4.90 Å². The summed E-state index contributed by atoms with van der Waals surface area (Å²) < 4.78 is 40.8. The van der Waals surface area contributed by atoms with Crippen LogP contribution in [0.3, 0.4) is 0 Å². The van der Waals surface area contributed by atoms with E-state index in [1.165, 1.54) is 10.9 Å². The zero-order valence-electron chi connectivity index (χ0n) is 17.9. The number of alkyl halides is 3. The van der Waals surface area contributed by atoms with Crippen LogP contribution in [0.4, 0.5) is 18.9 Å². The molecule has 0 spiro atoms. The number of fused-ring (bicyclic) bond motifs is 1. The molecule has 0 aliphatic carbocycles. The Balaban J connectivity index is 1.69. The van der Waals surface area contributed by atoms with Gasteiger partial charge < -0.3 is 4.90 Å². The Labute approximate surface area is 182 Å². The summed E-state index contributed by atoms with van der Waals surface area (Å²) >= 11 is 0. The number of carbonyl (C=O) groups excluding carboxylic acids is 1. The number of carbonyl (C=O) groups is 1. The van der Waals surface area contributed by atoms with E-state index in [0.717, 1.165) is 17.7 Å². The third kappa shape index (κ3) is 3.81. The molecule has 32 heavy (non-hydrogen) atoms. The van der Waals surface area contributed by atoms with E-state index < -0.39 is 11.7 Å². The van der Waals surface area contributed by atoms with Crippen molar-refractivity contribution in [1.82, 2.24) is 19.7 Å². The van der Waals surface area contributed by atoms with Crippen LogP contribution in [0.5, 0.6) is 0 Å². The minimum Gasteiger partial charge on any atom is -0.310 e. The molecule has 0 unspecified atom stereocenters. The first-order valence-corrected chi connectivity index (χ1v) is 9.78. The quantitative estimate of drug-likeness (QED) is 0.454. The van der Waals surface area contributed by atoms with E-state index in [-0.39, 0.29) is 5.91 Å². The van der Waals surface area contributed by atoms with Crippen molar-refractivity contribution in [1.29, 1.82) is 0 Å². The van der Waals surface area contributed by atoms with Crippen LogP contribution in [0, 0.1) is 13.8 Å². The molecule has 9 heteroatoms. The Morgan fingerprint density at radius 3 is 2.44 bits per heavy atom. The van der Waals surface area contributed by atoms with Crippen LogP contribution in [-0.2, 0) is 13.2 Å². The fourth-order valence-corrected chi connectivity index (χ4v) is 3.66. The van der Waals surface area contributed by atoms with Crippen LogP contribution in [0.2, 0.25) is 0 Å². The van der Waals surface area contributed by atoms with E-state index >= 15 is 0 Å². The number of rotatable bonds is 3. The molecule has 0 N–H and O–H groups in total. The molecule has 0 radical (unpaired) electrons. The second kappa shape index (κ2) is 7.74. The van der Waals surface area contributed by atoms with Crippen LogP contribution in [0.15, 0.2) is 48.8 Å². The first-order valence-electron chi connectivity index (χ1n) is 9.78. The van der Waals surface area contributed by atoms with Gasteiger partial charge in [0.05, 0.1) is 11.1 Å². The number of halogens is 3. The highest BCUT2D eigenvalue weighted by molar-refractivity contribution is 6.05. The van der Waals surface area contributed by atoms with E-state index in [9.17, 15) is 18.0 Å². The lowest BCUT2D eigenvalue weighted by molar-refractivity contribution is -0.137. The molecular formula is C23H20F3N5O. The smallest absolute Gasteiger partial charge is 0.310 e. The molecular weight excluding hydrogens is 419 g/mol. The van der Waals surface area contributed by atoms with Crippen LogP contribution >= 0.6 is 0 Å². The first kappa shape index (κ1) is 21.5. The van der Waals surface area contributed by atoms with Gasteiger partial charge in [0, 0.05) is 43.1 Å². The van der Waals surface area contributed by atoms with Crippen LogP contribution in [-0.4, -0.2) is 32.7 Å². The third-order valence-electron chi connectivity index (χ3n) is 5.36. The van der Waals surface area contributed by atoms with Crippen molar-refractivity contribution < 1.29 is 18.0 Å². The molecule has 4 rings (SSSR count). The molecule has 2 aromatic heterocycles. The molecule has 2 heterocycles. The maximum atomic E-state index is 13.1. The van der Waals surface area contributed by atoms with Gasteiger partial charge in [-0.15, -0.1) is 0 Å². The molecule has 0 saturated carbocycles. The second-order valence-electron chi connectivity index (χ2n) is 7.63. The molecule has 0 fully saturated rings. The third-order valence-corrected chi connectivity index (χ3v) is 5.36. The summed E-state index contributed by atoms with van der Waals surface area (Å²) in [5.41, 5.74) is 2.87. The van der Waals surface area contributed by atoms with Crippen molar-refractivity contribution in [2.24, 2.45) is 7.05 Å². The minimum absolute atomic E-state index is 0.195. The highest BCUT2D eigenvalue weighted by Crippen LogP contribution is 2.33. The van der Waals surface area contributed by atoms with Crippen LogP contribution in [0.25, 0.3) is 22.3 Å². The normalized spacial score (nSPS) is 11.7. The van der Waals surface area contributed by atoms with Gasteiger partial charge >= 0.3 is 6.18 Å². The predicted octanol–water partition coefficient (Wildman–Crippen LogP) is 4.94. The van der Waals surface area contributed by atoms with Crippen molar-refractivity contribution >= 4 is 22.5 Å². The molecule has 0 bridgehead atoms. The summed E-state index contributed by atoms with van der Waals surface area (Å²) in [6.07, 6.45) is -1.46. The first-order chi connectivity index (χ1) is 15.1. The highest BCUT2D eigenvalue weighted by atomic mass is 19.4. The Kier molecular flexibility index (Phi) is 5.20. The Hall–Kier alpha value is -3.75. The fraction of sp³-hybridized carbons (Fsp3) is 0.217. The maximum Gasteiger partial charge on any atom is 0.416 e. The molecule has 6 nitrogen and oxygen atoms in total. The lowest BCUT2D eigenvalue weighted by atomic mass is 10.1. The van der Waals surface area contributed by atoms with E-state index in [1.807, 2.05) is 13.0 Å². The largest absolute Gasteiger partial charge is 0.416 e. The molecule has 0 aliphatic heterocycles. The van der Waals surface area contributed by atoms with Gasteiger partial charge in [-0.05, 0) is 61.4 Å². The van der Waals surface area contributed by atoms with Gasteiger partial charge in [-0.3, -0.25) is 9.48 Å². The van der Waals surface area contributed by atoms with Crippen molar-refractivity contribution in [3.05, 3.63) is 71.2 Å². The van der Waals surface area contributed by atoms with Gasteiger partial charge in [0.25, 0.3) is 5.91 Å². The number of nitrogens with zero attached hydrogens (tertiary/aromatic N) is 5. The molecule has 164 valence electrons. The number of aromatic nitrogens is 4. The topological polar surface area (TPSA) is 63.9 Å². The van der Waals surface area contributed by atoms with Gasteiger partial charge in [0.1, 0.15) is 5.69 Å². The number of hydrogen-bond donors (Lipinski definition) is 0. The van der Waals surface area contributed by atoms with Crippen molar-refractivity contribution in [2.45, 2.75) is 20.0 Å². The van der Waals surface area contributed by atoms with Gasteiger partial charge in [0.2, 0.25) is 0 Å². The van der Waals surface area contributed by atoms with Gasteiger partial charge in [-0.2, -0.15) is 18.3 Å². The van der Waals surface area contributed by atoms with Gasteiger partial charge in [0.15, 0.2) is 5.82 Å². The average Bonchev–Trinajstić information content (AvgIpc) is 3.17. The SMILES string of the molecule is Cc1cc(-c2ncc3cc(C(F)(F)F)cc(C)c3n2)ccc1N(C)C(=O)c1ccnn1C. The Bertz CT molecular complexity index is 1340. The molecule has 4 aromatic rings. The predicted molar refractivity (Wildman–Crippen MR) is 115 cm³/mol. The number of anilines is 1. The van der Waals surface area contributed by atoms with Crippen molar-refractivity contribution in [2.75, 3.05) is 11.9 Å². The molecule has 0 saturated heterocycles. The summed E-state index contributed by atoms with van der Waals surface area (Å²) in [5.74, 6) is 0.203. The summed E-state index contributed by atoms with van der Waals surface area (Å²) in [5, 5.41) is 4.36. The molecule has 2 aromatic carbocycles. The minimum atomic E-state index is -4.43. The lowest BCUT2D eigenvalue weighted by Gasteiger charge is -2.20. The summed E-state index contributed by atoms with van der Waals surface area (Å²) in [4.78, 5) is 23.1. The monoisotopic (exact) mass is 439 g/mol. The van der Waals surface area contributed by atoms with Crippen molar-refractivity contribution in [3.8, 4) is 11.4 Å². The number of aryl methyl sites for hydroxylation is 3. The van der Waals surface area contributed by atoms with Crippen molar-refractivity contribution in [3.63, 3.8) is 0 Å². The van der Waals surface area contributed by atoms with Crippen LogP contribution in [0.1, 0.15) is 27.2 Å². The zero-order chi connectivity index (χ0) is 23.2. The fourth-order valence-electron chi connectivity index (χ4n) is 3.66. The molecule has 0 atom stereocenters. The molecule has 0 aliphatic rings. The Morgan fingerprint density at radius 1 is 1.06 bits per heavy atom. The lowest BCUT2D eigenvalue weighted by Crippen LogP contribution is -2.28. The highest BCUT2D eigenvalue weighted by Gasteiger charge is 2.31. The van der Waals surface area contributed by atoms with E-state index in [0.29, 0.717) is 39.2 Å². The summed E-state index contributed by atoms with van der Waals surface area (Å²) in [6.45, 7) is 3.47. The van der Waals surface area contributed by atoms with Gasteiger partial charge in [-0.1, -0.05) is 0 Å². The Morgan fingerprint density at radius 2 is 1.81 bits per heavy atom. The number of amides is 1. The van der Waals surface area contributed by atoms with E-state index in [2.05, 4.69) is 15.1 Å². The summed E-state index contributed by atoms with van der Waals surface area (Å²) in [7, 11) is 3.39. The maximum absolute atomic E-state index is 13.1. The number of hydrogen-bond acceptors (Lipinski definition) is 4. The summed E-state index contributed by atoms with van der Waals surface area (Å²) in [6, 6.07) is 9.23.